The molecule has 1 aliphatic heterocycles. The molecule has 2 atom stereocenters. The predicted octanol–water partition coefficient (Wildman–Crippen LogP) is 4.06. The first kappa shape index (κ1) is 28.4. The summed E-state index contributed by atoms with van der Waals surface area (Å²) in [5.41, 5.74) is 0.212. The third-order valence-electron chi connectivity index (χ3n) is 6.41. The normalized spacial score (nSPS) is 17.4. The van der Waals surface area contributed by atoms with Gasteiger partial charge >= 0.3 is 0 Å². The van der Waals surface area contributed by atoms with Gasteiger partial charge in [-0.2, -0.15) is 10.2 Å². The molecule has 0 saturated carbocycles. The second-order valence-electron chi connectivity index (χ2n) is 9.55. The highest BCUT2D eigenvalue weighted by Gasteiger charge is 2.49. The number of ether oxygens (including phenoxy) is 1. The van der Waals surface area contributed by atoms with Crippen molar-refractivity contribution in [3.8, 4) is 11.9 Å². The summed E-state index contributed by atoms with van der Waals surface area (Å²) < 4.78 is 20.3. The summed E-state index contributed by atoms with van der Waals surface area (Å²) in [4.78, 5) is 44.5. The van der Waals surface area contributed by atoms with Gasteiger partial charge in [-0.25, -0.2) is 14.4 Å². The van der Waals surface area contributed by atoms with Crippen molar-refractivity contribution in [2.24, 2.45) is 16.8 Å². The fourth-order valence-electron chi connectivity index (χ4n) is 4.51. The number of nitrogens with one attached hydrogen (secondary N) is 2. The highest BCUT2D eigenvalue weighted by molar-refractivity contribution is 6.49. The van der Waals surface area contributed by atoms with Crippen molar-refractivity contribution >= 4 is 46.3 Å². The molecule has 206 valence electrons. The highest BCUT2D eigenvalue weighted by Crippen LogP contribution is 2.43. The third kappa shape index (κ3) is 5.15. The topological polar surface area (TPSA) is 151 Å². The van der Waals surface area contributed by atoms with Crippen molar-refractivity contribution < 1.29 is 13.9 Å². The highest BCUT2D eigenvalue weighted by atomic mass is 35.5. The van der Waals surface area contributed by atoms with Gasteiger partial charge in [0.15, 0.2) is 0 Å². The summed E-state index contributed by atoms with van der Waals surface area (Å²) in [7, 11) is 5.00. The number of aromatic amines is 1. The van der Waals surface area contributed by atoms with Gasteiger partial charge < -0.3 is 14.6 Å². The Morgan fingerprint density at radius 1 is 1.32 bits per heavy atom. The molecule has 2 aromatic heterocycles. The molecule has 0 bridgehead atoms. The lowest BCUT2D eigenvalue weighted by Crippen LogP contribution is -2.32. The molecule has 0 aliphatic carbocycles. The summed E-state index contributed by atoms with van der Waals surface area (Å²) >= 11 is 6.07. The lowest BCUT2D eigenvalue weighted by Gasteiger charge is -2.30. The summed E-state index contributed by atoms with van der Waals surface area (Å²) in [5, 5.41) is 18.0. The first-order chi connectivity index (χ1) is 19.0. The molecule has 3 aromatic rings. The molecule has 1 saturated heterocycles. The molecule has 1 aliphatic rings. The molecular formula is C27H26ClFN8O3. The molecule has 13 heteroatoms. The molecule has 4 rings (SSSR count). The summed E-state index contributed by atoms with van der Waals surface area (Å²) in [6.07, 6.45) is 2.79. The second kappa shape index (κ2) is 11.2. The Hall–Kier alpha value is -4.63. The van der Waals surface area contributed by atoms with Crippen LogP contribution in [0.15, 0.2) is 46.4 Å². The molecular weight excluding hydrogens is 539 g/mol. The first-order valence-electron chi connectivity index (χ1n) is 12.1. The zero-order valence-electron chi connectivity index (χ0n) is 22.4. The summed E-state index contributed by atoms with van der Waals surface area (Å²) in [6, 6.07) is 6.14. The Balaban J connectivity index is 1.96. The smallest absolute Gasteiger partial charge is 0.273 e. The maximum atomic E-state index is 14.9. The average Bonchev–Trinajstić information content (AvgIpc) is 3.18. The van der Waals surface area contributed by atoms with Crippen LogP contribution >= 0.6 is 11.6 Å². The first-order valence-corrected chi connectivity index (χ1v) is 12.5. The Labute approximate surface area is 234 Å². The number of nitrogens with zero attached hydrogens (tertiary/aromatic N) is 6. The number of hydrogen-bond acceptors (Lipinski definition) is 9. The molecule has 0 spiro atoms. The van der Waals surface area contributed by atoms with E-state index < -0.39 is 29.2 Å². The fraction of sp³-hybridized carbons (Fsp3) is 0.296. The van der Waals surface area contributed by atoms with Crippen molar-refractivity contribution in [2.75, 3.05) is 31.0 Å². The quantitative estimate of drug-likeness (QED) is 0.411. The van der Waals surface area contributed by atoms with E-state index in [0.717, 1.165) is 6.07 Å². The van der Waals surface area contributed by atoms with Gasteiger partial charge in [0, 0.05) is 26.0 Å². The van der Waals surface area contributed by atoms with E-state index in [1.807, 2.05) is 13.8 Å². The molecule has 2 N–H and O–H groups in total. The molecule has 11 nitrogen and oxygen atoms in total. The molecule has 3 heterocycles. The zero-order chi connectivity index (χ0) is 29.3. The van der Waals surface area contributed by atoms with Crippen LogP contribution in [-0.4, -0.2) is 53.5 Å². The minimum absolute atomic E-state index is 0.161. The number of pyridine rings is 1. The monoisotopic (exact) mass is 564 g/mol. The van der Waals surface area contributed by atoms with Gasteiger partial charge in [-0.3, -0.25) is 19.9 Å². The molecule has 40 heavy (non-hydrogen) atoms. The second-order valence-corrected chi connectivity index (χ2v) is 9.95. The van der Waals surface area contributed by atoms with Crippen LogP contribution in [0, 0.1) is 34.4 Å². The van der Waals surface area contributed by atoms with Crippen molar-refractivity contribution in [1.82, 2.24) is 15.0 Å². The lowest BCUT2D eigenvalue weighted by atomic mass is 9.83. The Morgan fingerprint density at radius 2 is 2.05 bits per heavy atom. The average molecular weight is 565 g/mol. The third-order valence-corrected chi connectivity index (χ3v) is 6.69. The number of benzene rings is 1. The van der Waals surface area contributed by atoms with E-state index in [9.17, 15) is 19.2 Å². The SMILES string of the molecule is COc1nc(N(C)C)ncc1N=C(C(C)C)C1C(=N)C(=O)N(c2c[nH]c(=O)c(Cl)c2)C1c1ccc(C#N)c(F)c1. The number of methoxy groups -OCH3 is 1. The van der Waals surface area contributed by atoms with Crippen LogP contribution in [-0.2, 0) is 4.79 Å². The van der Waals surface area contributed by atoms with E-state index >= 15 is 0 Å². The molecule has 1 amide bonds. The Bertz CT molecular complexity index is 1630. The number of carbonyl (C=O) groups is 1. The van der Waals surface area contributed by atoms with E-state index in [1.165, 1.54) is 42.6 Å². The van der Waals surface area contributed by atoms with Crippen molar-refractivity contribution in [3.05, 3.63) is 69.0 Å². The van der Waals surface area contributed by atoms with Crippen LogP contribution in [0.5, 0.6) is 5.88 Å². The maximum absolute atomic E-state index is 14.9. The van der Waals surface area contributed by atoms with Crippen LogP contribution in [0.25, 0.3) is 0 Å². The van der Waals surface area contributed by atoms with E-state index in [4.69, 9.17) is 26.7 Å². The number of anilines is 2. The number of halogens is 2. The van der Waals surface area contributed by atoms with Gasteiger partial charge in [-0.15, -0.1) is 0 Å². The minimum Gasteiger partial charge on any atom is -0.479 e. The molecule has 1 fully saturated rings. The molecule has 2 unspecified atom stereocenters. The number of rotatable bonds is 7. The number of aliphatic imine (C=N–C) groups is 1. The van der Waals surface area contributed by atoms with Gasteiger partial charge in [-0.05, 0) is 29.7 Å². The van der Waals surface area contributed by atoms with Crippen molar-refractivity contribution in [1.29, 1.82) is 10.7 Å². The number of nitriles is 1. The standard InChI is InChI=1S/C27H26ClFN8O3/c1-13(2)22(34-19-12-33-27(36(3)4)35-25(19)40-5)20-21(31)26(39)37(16-9-17(28)24(38)32-11-16)23(20)14-6-7-15(10-30)18(29)8-14/h6-9,11-13,20,23,31H,1-5H3,(H,32,38). The van der Waals surface area contributed by atoms with Gasteiger partial charge in [-0.1, -0.05) is 31.5 Å². The zero-order valence-corrected chi connectivity index (χ0v) is 23.1. The van der Waals surface area contributed by atoms with Gasteiger partial charge in [0.2, 0.25) is 11.8 Å². The summed E-state index contributed by atoms with van der Waals surface area (Å²) in [6.45, 7) is 3.71. The number of aromatic nitrogens is 3. The Morgan fingerprint density at radius 3 is 2.62 bits per heavy atom. The van der Waals surface area contributed by atoms with Crippen LogP contribution in [0.3, 0.4) is 0 Å². The van der Waals surface area contributed by atoms with E-state index in [-0.39, 0.29) is 39.5 Å². The number of hydrogen-bond donors (Lipinski definition) is 2. The van der Waals surface area contributed by atoms with Crippen LogP contribution in [0.1, 0.15) is 31.0 Å². The largest absolute Gasteiger partial charge is 0.479 e. The predicted molar refractivity (Wildman–Crippen MR) is 149 cm³/mol. The van der Waals surface area contributed by atoms with Gasteiger partial charge in [0.1, 0.15) is 28.3 Å². The molecule has 0 radical (unpaired) electrons. The van der Waals surface area contributed by atoms with Crippen LogP contribution < -0.4 is 20.1 Å². The van der Waals surface area contributed by atoms with E-state index in [0.29, 0.717) is 17.2 Å². The van der Waals surface area contributed by atoms with Gasteiger partial charge in [0.05, 0.1) is 36.5 Å². The summed E-state index contributed by atoms with van der Waals surface area (Å²) in [5.74, 6) is -2.11. The minimum atomic E-state index is -0.960. The van der Waals surface area contributed by atoms with E-state index in [1.54, 1.807) is 25.1 Å². The van der Waals surface area contributed by atoms with Gasteiger partial charge in [0.25, 0.3) is 11.5 Å². The molecule has 1 aromatic carbocycles. The maximum Gasteiger partial charge on any atom is 0.273 e. The van der Waals surface area contributed by atoms with E-state index in [2.05, 4.69) is 15.0 Å². The number of carbonyl (C=O) groups excluding carboxylic acids is 1. The number of amides is 1. The van der Waals surface area contributed by atoms with Crippen LogP contribution in [0.2, 0.25) is 5.02 Å². The lowest BCUT2D eigenvalue weighted by molar-refractivity contribution is -0.112. The Kier molecular flexibility index (Phi) is 7.97. The van der Waals surface area contributed by atoms with Crippen molar-refractivity contribution in [2.45, 2.75) is 19.9 Å². The fourth-order valence-corrected chi connectivity index (χ4v) is 4.67. The van der Waals surface area contributed by atoms with Crippen LogP contribution in [0.4, 0.5) is 21.7 Å². The van der Waals surface area contributed by atoms with Crippen molar-refractivity contribution in [3.63, 3.8) is 0 Å². The number of H-pyrrole nitrogens is 1.